The Morgan fingerprint density at radius 2 is 1.90 bits per heavy atom. The molecule has 2 aromatic carbocycles. The van der Waals surface area contributed by atoms with Gasteiger partial charge in [-0.1, -0.05) is 36.4 Å². The van der Waals surface area contributed by atoms with E-state index in [1.807, 2.05) is 12.1 Å². The molecule has 2 aromatic heterocycles. The van der Waals surface area contributed by atoms with Gasteiger partial charge in [0.25, 0.3) is 5.56 Å². The Morgan fingerprint density at radius 1 is 1.03 bits per heavy atom. The Bertz CT molecular complexity index is 1260. The lowest BCUT2D eigenvalue weighted by Gasteiger charge is -2.34. The van der Waals surface area contributed by atoms with Gasteiger partial charge < -0.3 is 9.64 Å². The Kier molecular flexibility index (Phi) is 4.72. The molecular formula is C23H21N5O2. The summed E-state index contributed by atoms with van der Waals surface area (Å²) in [5.41, 5.74) is 2.17. The van der Waals surface area contributed by atoms with Gasteiger partial charge >= 0.3 is 0 Å². The first-order chi connectivity index (χ1) is 14.7. The molecule has 1 aliphatic rings. The predicted molar refractivity (Wildman–Crippen MR) is 115 cm³/mol. The number of hydrogen-bond acceptors (Lipinski definition) is 6. The maximum atomic E-state index is 12.6. The van der Waals surface area contributed by atoms with Crippen LogP contribution in [-0.4, -0.2) is 39.2 Å². The van der Waals surface area contributed by atoms with Crippen LogP contribution in [0, 0.1) is 0 Å². The first-order valence-corrected chi connectivity index (χ1v) is 9.89. The summed E-state index contributed by atoms with van der Waals surface area (Å²) in [4.78, 5) is 27.6. The highest BCUT2D eigenvalue weighted by Gasteiger charge is 2.25. The molecule has 0 radical (unpaired) electrons. The van der Waals surface area contributed by atoms with Crippen LogP contribution in [0.1, 0.15) is 11.7 Å². The number of anilines is 1. The van der Waals surface area contributed by atoms with Gasteiger partial charge in [0.2, 0.25) is 5.95 Å². The molecule has 1 aliphatic heterocycles. The first kappa shape index (κ1) is 18.4. The van der Waals surface area contributed by atoms with Crippen molar-refractivity contribution in [2.24, 2.45) is 7.05 Å². The van der Waals surface area contributed by atoms with Crippen molar-refractivity contribution in [2.75, 3.05) is 24.6 Å². The highest BCUT2D eigenvalue weighted by atomic mass is 16.5. The van der Waals surface area contributed by atoms with E-state index < -0.39 is 0 Å². The summed E-state index contributed by atoms with van der Waals surface area (Å²) in [7, 11) is 1.74. The monoisotopic (exact) mass is 399 g/mol. The van der Waals surface area contributed by atoms with Crippen LogP contribution in [0.25, 0.3) is 22.2 Å². The van der Waals surface area contributed by atoms with Crippen molar-refractivity contribution in [3.63, 3.8) is 0 Å². The summed E-state index contributed by atoms with van der Waals surface area (Å²) in [5, 5.41) is 2.39. The van der Waals surface area contributed by atoms with Gasteiger partial charge in [0.05, 0.1) is 24.5 Å². The second-order valence-corrected chi connectivity index (χ2v) is 7.35. The minimum Gasteiger partial charge on any atom is -0.370 e. The molecule has 0 N–H and O–H groups in total. The van der Waals surface area contributed by atoms with Crippen molar-refractivity contribution in [1.82, 2.24) is 19.5 Å². The molecule has 1 fully saturated rings. The van der Waals surface area contributed by atoms with Crippen molar-refractivity contribution in [1.29, 1.82) is 0 Å². The third kappa shape index (κ3) is 3.44. The van der Waals surface area contributed by atoms with Crippen molar-refractivity contribution >= 4 is 16.7 Å². The lowest BCUT2D eigenvalue weighted by atomic mass is 10.0. The van der Waals surface area contributed by atoms with Crippen LogP contribution in [0.4, 0.5) is 5.95 Å². The zero-order chi connectivity index (χ0) is 20.5. The largest absolute Gasteiger partial charge is 0.370 e. The van der Waals surface area contributed by atoms with Gasteiger partial charge in [0, 0.05) is 25.9 Å². The minimum atomic E-state index is -0.123. The highest BCUT2D eigenvalue weighted by molar-refractivity contribution is 5.83. The summed E-state index contributed by atoms with van der Waals surface area (Å²) >= 11 is 0. The first-order valence-electron chi connectivity index (χ1n) is 9.89. The van der Waals surface area contributed by atoms with Crippen LogP contribution in [0.5, 0.6) is 0 Å². The van der Waals surface area contributed by atoms with Gasteiger partial charge in [-0.2, -0.15) is 0 Å². The molecule has 30 heavy (non-hydrogen) atoms. The highest BCUT2D eigenvalue weighted by Crippen LogP contribution is 2.28. The predicted octanol–water partition coefficient (Wildman–Crippen LogP) is 2.97. The van der Waals surface area contributed by atoms with Gasteiger partial charge in [0.15, 0.2) is 0 Å². The Balaban J connectivity index is 1.48. The van der Waals surface area contributed by atoms with Crippen molar-refractivity contribution in [3.05, 3.63) is 83.0 Å². The van der Waals surface area contributed by atoms with Gasteiger partial charge in [-0.05, 0) is 28.5 Å². The lowest BCUT2D eigenvalue weighted by Crippen LogP contribution is -2.41. The van der Waals surface area contributed by atoms with E-state index in [1.54, 1.807) is 23.9 Å². The van der Waals surface area contributed by atoms with Gasteiger partial charge in [-0.3, -0.25) is 9.36 Å². The van der Waals surface area contributed by atoms with E-state index in [0.29, 0.717) is 37.0 Å². The zero-order valence-corrected chi connectivity index (χ0v) is 16.6. The fourth-order valence-corrected chi connectivity index (χ4v) is 3.82. The molecular weight excluding hydrogens is 378 g/mol. The van der Waals surface area contributed by atoms with E-state index >= 15 is 0 Å². The number of nitrogens with zero attached hydrogens (tertiary/aromatic N) is 5. The van der Waals surface area contributed by atoms with Crippen LogP contribution in [-0.2, 0) is 11.8 Å². The van der Waals surface area contributed by atoms with Crippen LogP contribution < -0.4 is 10.5 Å². The average Bonchev–Trinajstić information content (AvgIpc) is 2.81. The molecule has 3 heterocycles. The fourth-order valence-electron chi connectivity index (χ4n) is 3.82. The number of ether oxygens (including phenoxy) is 1. The number of morpholine rings is 1. The smallest absolute Gasteiger partial charge is 0.255 e. The normalized spacial score (nSPS) is 16.7. The quantitative estimate of drug-likeness (QED) is 0.527. The number of benzene rings is 2. The van der Waals surface area contributed by atoms with Gasteiger partial charge in [0.1, 0.15) is 12.4 Å². The van der Waals surface area contributed by atoms with Crippen molar-refractivity contribution in [2.45, 2.75) is 6.10 Å². The fraction of sp³-hybridized carbons (Fsp3) is 0.217. The zero-order valence-electron chi connectivity index (χ0n) is 16.6. The molecule has 5 rings (SSSR count). The summed E-state index contributed by atoms with van der Waals surface area (Å²) < 4.78 is 7.65. The molecule has 7 nitrogen and oxygen atoms in total. The molecule has 7 heteroatoms. The summed E-state index contributed by atoms with van der Waals surface area (Å²) in [5.74, 6) is 0.616. The van der Waals surface area contributed by atoms with Crippen molar-refractivity contribution < 1.29 is 4.74 Å². The number of aromatic nitrogens is 4. The second-order valence-electron chi connectivity index (χ2n) is 7.35. The number of rotatable bonds is 3. The molecule has 0 amide bonds. The van der Waals surface area contributed by atoms with Crippen LogP contribution >= 0.6 is 0 Å². The van der Waals surface area contributed by atoms with Crippen molar-refractivity contribution in [3.8, 4) is 11.4 Å². The maximum absolute atomic E-state index is 12.6. The third-order valence-electron chi connectivity index (χ3n) is 5.45. The molecule has 1 saturated heterocycles. The van der Waals surface area contributed by atoms with Crippen LogP contribution in [0.2, 0.25) is 0 Å². The Morgan fingerprint density at radius 3 is 2.73 bits per heavy atom. The maximum Gasteiger partial charge on any atom is 0.255 e. The van der Waals surface area contributed by atoms with E-state index in [2.05, 4.69) is 45.2 Å². The minimum absolute atomic E-state index is 0.0945. The van der Waals surface area contributed by atoms with Gasteiger partial charge in [-0.25, -0.2) is 15.0 Å². The van der Waals surface area contributed by atoms with Crippen LogP contribution in [0.3, 0.4) is 0 Å². The van der Waals surface area contributed by atoms with E-state index in [9.17, 15) is 4.79 Å². The second kappa shape index (κ2) is 7.68. The number of hydrogen-bond donors (Lipinski definition) is 0. The molecule has 1 atom stereocenters. The standard InChI is InChI=1S/C23H21N5O2/c1-27-22(29)13-20(19-8-9-24-15-25-19)26-23(27)28-10-11-30-21(14-28)18-7-6-16-4-2-3-5-17(16)12-18/h2-9,12-13,15,21H,10-11,14H2,1H3/t21-/m1/s1. The summed E-state index contributed by atoms with van der Waals surface area (Å²) in [6.45, 7) is 1.84. The van der Waals surface area contributed by atoms with E-state index in [-0.39, 0.29) is 11.7 Å². The third-order valence-corrected chi connectivity index (χ3v) is 5.45. The molecule has 4 aromatic rings. The van der Waals surface area contributed by atoms with E-state index in [0.717, 1.165) is 5.56 Å². The van der Waals surface area contributed by atoms with E-state index in [1.165, 1.54) is 23.2 Å². The summed E-state index contributed by atoms with van der Waals surface area (Å²) in [6, 6.07) is 18.0. The molecule has 0 bridgehead atoms. The topological polar surface area (TPSA) is 73.1 Å². The lowest BCUT2D eigenvalue weighted by molar-refractivity contribution is 0.0390. The summed E-state index contributed by atoms with van der Waals surface area (Å²) in [6.07, 6.45) is 3.01. The van der Waals surface area contributed by atoms with E-state index in [4.69, 9.17) is 9.72 Å². The molecule has 0 saturated carbocycles. The van der Waals surface area contributed by atoms with Gasteiger partial charge in [-0.15, -0.1) is 0 Å². The molecule has 0 spiro atoms. The average molecular weight is 399 g/mol. The van der Waals surface area contributed by atoms with Crippen LogP contribution in [0.15, 0.2) is 71.9 Å². The molecule has 0 unspecified atom stereocenters. The Hall–Kier alpha value is -3.58. The number of fused-ring (bicyclic) bond motifs is 1. The SMILES string of the molecule is Cn1c(N2CCO[C@@H](c3ccc4ccccc4c3)C2)nc(-c2ccncn2)cc1=O. The Labute approximate surface area is 173 Å². The molecule has 150 valence electrons. The molecule has 0 aliphatic carbocycles.